The molecule has 23 heavy (non-hydrogen) atoms. The predicted molar refractivity (Wildman–Crippen MR) is 94.2 cm³/mol. The average Bonchev–Trinajstić information content (AvgIpc) is 2.51. The Labute approximate surface area is 142 Å². The van der Waals surface area contributed by atoms with E-state index in [1.54, 1.807) is 0 Å². The van der Waals surface area contributed by atoms with Crippen LogP contribution in [0.5, 0.6) is 0 Å². The van der Waals surface area contributed by atoms with Gasteiger partial charge in [-0.15, -0.1) is 0 Å². The molecular formula is C20H38F2O. The number of halogens is 2. The molecule has 0 unspecified atom stereocenters. The van der Waals surface area contributed by atoms with Crippen LogP contribution in [0.4, 0.5) is 8.78 Å². The van der Waals surface area contributed by atoms with Crippen molar-refractivity contribution >= 4 is 0 Å². The number of hydrogen-bond donors (Lipinski definition) is 0. The van der Waals surface area contributed by atoms with Gasteiger partial charge in [-0.1, -0.05) is 84.5 Å². The first kappa shape index (κ1) is 20.9. The molecule has 0 aromatic rings. The highest BCUT2D eigenvalue weighted by atomic mass is 19.3. The smallest absolute Gasteiger partial charge is 0.271 e. The molecule has 1 nitrogen and oxygen atoms in total. The van der Waals surface area contributed by atoms with Crippen molar-refractivity contribution in [3.63, 3.8) is 0 Å². The number of ether oxygens (including phenoxy) is 1. The highest BCUT2D eigenvalue weighted by molar-refractivity contribution is 4.83. The molecule has 0 aliphatic carbocycles. The summed E-state index contributed by atoms with van der Waals surface area (Å²) >= 11 is 0. The minimum Gasteiger partial charge on any atom is -0.372 e. The van der Waals surface area contributed by atoms with Crippen molar-refractivity contribution in [2.45, 2.75) is 116 Å². The molecule has 1 aliphatic heterocycles. The van der Waals surface area contributed by atoms with Gasteiger partial charge in [0.05, 0.1) is 6.10 Å². The van der Waals surface area contributed by atoms with Gasteiger partial charge in [0.2, 0.25) is 0 Å². The number of hydrogen-bond acceptors (Lipinski definition) is 1. The first-order chi connectivity index (χ1) is 11.1. The van der Waals surface area contributed by atoms with Gasteiger partial charge in [-0.05, 0) is 18.8 Å². The fourth-order valence-corrected chi connectivity index (χ4v) is 3.68. The average molecular weight is 333 g/mol. The van der Waals surface area contributed by atoms with E-state index >= 15 is 0 Å². The van der Waals surface area contributed by atoms with E-state index in [1.165, 1.54) is 57.8 Å². The van der Waals surface area contributed by atoms with Crippen LogP contribution in [-0.2, 0) is 4.74 Å². The van der Waals surface area contributed by atoms with Gasteiger partial charge in [0, 0.05) is 6.42 Å². The summed E-state index contributed by atoms with van der Waals surface area (Å²) in [7, 11) is 0. The molecule has 1 rings (SSSR count). The Bertz CT molecular complexity index is 281. The summed E-state index contributed by atoms with van der Waals surface area (Å²) < 4.78 is 32.9. The third kappa shape index (κ3) is 9.64. The zero-order valence-electron chi connectivity index (χ0n) is 15.4. The van der Waals surface area contributed by atoms with Crippen molar-refractivity contribution in [3.8, 4) is 0 Å². The second-order valence-corrected chi connectivity index (χ2v) is 7.43. The van der Waals surface area contributed by atoms with E-state index in [-0.39, 0.29) is 25.0 Å². The van der Waals surface area contributed by atoms with Gasteiger partial charge >= 0.3 is 0 Å². The second-order valence-electron chi connectivity index (χ2n) is 7.43. The van der Waals surface area contributed by atoms with Crippen LogP contribution in [-0.4, -0.2) is 18.6 Å². The Morgan fingerprint density at radius 2 is 1.30 bits per heavy atom. The van der Waals surface area contributed by atoms with E-state index in [0.29, 0.717) is 0 Å². The summed E-state index contributed by atoms with van der Waals surface area (Å²) in [4.78, 5) is 0. The highest BCUT2D eigenvalue weighted by Crippen LogP contribution is 2.37. The van der Waals surface area contributed by atoms with Crippen LogP contribution in [0.2, 0.25) is 0 Å². The minimum absolute atomic E-state index is 0.0429. The van der Waals surface area contributed by atoms with Gasteiger partial charge < -0.3 is 4.74 Å². The molecular weight excluding hydrogens is 294 g/mol. The summed E-state index contributed by atoms with van der Waals surface area (Å²) in [6.45, 7) is 4.06. The van der Waals surface area contributed by atoms with Crippen LogP contribution in [0.15, 0.2) is 0 Å². The van der Waals surface area contributed by atoms with Gasteiger partial charge in [-0.3, -0.25) is 0 Å². The van der Waals surface area contributed by atoms with Crippen molar-refractivity contribution < 1.29 is 13.5 Å². The lowest BCUT2D eigenvalue weighted by molar-refractivity contribution is -0.172. The predicted octanol–water partition coefficient (Wildman–Crippen LogP) is 7.14. The van der Waals surface area contributed by atoms with E-state index in [2.05, 4.69) is 13.8 Å². The molecule has 0 radical (unpaired) electrons. The lowest BCUT2D eigenvalue weighted by Gasteiger charge is -2.36. The molecule has 0 aromatic carbocycles. The van der Waals surface area contributed by atoms with Crippen molar-refractivity contribution in [1.82, 2.24) is 0 Å². The van der Waals surface area contributed by atoms with E-state index in [0.717, 1.165) is 25.7 Å². The fraction of sp³-hybridized carbons (Fsp3) is 1.00. The molecule has 1 aliphatic rings. The Balaban J connectivity index is 2.26. The van der Waals surface area contributed by atoms with Crippen LogP contribution < -0.4 is 0 Å². The van der Waals surface area contributed by atoms with E-state index < -0.39 is 5.92 Å². The van der Waals surface area contributed by atoms with Crippen molar-refractivity contribution in [1.29, 1.82) is 0 Å². The maximum atomic E-state index is 13.7. The van der Waals surface area contributed by atoms with Gasteiger partial charge in [0.25, 0.3) is 5.92 Å². The second kappa shape index (κ2) is 12.2. The number of rotatable bonds is 13. The maximum Gasteiger partial charge on any atom is 0.271 e. The van der Waals surface area contributed by atoms with Crippen molar-refractivity contribution in [3.05, 3.63) is 0 Å². The highest BCUT2D eigenvalue weighted by Gasteiger charge is 2.41. The molecule has 138 valence electrons. The summed E-state index contributed by atoms with van der Waals surface area (Å²) in [5, 5.41) is 0. The first-order valence-corrected chi connectivity index (χ1v) is 10.1. The molecule has 0 spiro atoms. The molecule has 0 bridgehead atoms. The third-order valence-electron chi connectivity index (χ3n) is 5.12. The van der Waals surface area contributed by atoms with Crippen LogP contribution in [0.25, 0.3) is 0 Å². The molecule has 0 aromatic heterocycles. The Morgan fingerprint density at radius 1 is 0.783 bits per heavy atom. The van der Waals surface area contributed by atoms with Crippen molar-refractivity contribution in [2.24, 2.45) is 5.92 Å². The molecule has 0 N–H and O–H groups in total. The zero-order chi connectivity index (χ0) is 17.0. The lowest BCUT2D eigenvalue weighted by atomic mass is 9.85. The number of unbranched alkanes of at least 4 members (excludes halogenated alkanes) is 9. The van der Waals surface area contributed by atoms with Crippen LogP contribution in [0.1, 0.15) is 104 Å². The Morgan fingerprint density at radius 3 is 1.91 bits per heavy atom. The SMILES string of the molecule is CCCCCCCC[C@H]1OCC(F)(F)C[C@@H]1CCCCCCC. The van der Waals surface area contributed by atoms with Gasteiger partial charge in [-0.2, -0.15) is 0 Å². The molecule has 1 saturated heterocycles. The standard InChI is InChI=1S/C20H38F2O/c1-3-5-7-9-11-13-15-19-18(14-12-10-8-6-4-2)16-20(21,22)17-23-19/h18-19H,3-17H2,1-2H3/t18-,19+/m0/s1. The van der Waals surface area contributed by atoms with Crippen molar-refractivity contribution in [2.75, 3.05) is 6.61 Å². The molecule has 3 heteroatoms. The zero-order valence-corrected chi connectivity index (χ0v) is 15.4. The normalized spacial score (nSPS) is 24.0. The maximum absolute atomic E-state index is 13.7. The number of alkyl halides is 2. The summed E-state index contributed by atoms with van der Waals surface area (Å²) in [6, 6.07) is 0. The fourth-order valence-electron chi connectivity index (χ4n) is 3.68. The van der Waals surface area contributed by atoms with Crippen LogP contribution >= 0.6 is 0 Å². The van der Waals surface area contributed by atoms with E-state index in [1.807, 2.05) is 0 Å². The summed E-state index contributed by atoms with van der Waals surface area (Å²) in [5.74, 6) is -2.54. The lowest BCUT2D eigenvalue weighted by Crippen LogP contribution is -2.41. The minimum atomic E-state index is -2.61. The first-order valence-electron chi connectivity index (χ1n) is 10.1. The van der Waals surface area contributed by atoms with Gasteiger partial charge in [0.1, 0.15) is 6.61 Å². The van der Waals surface area contributed by atoms with E-state index in [4.69, 9.17) is 4.74 Å². The summed E-state index contributed by atoms with van der Waals surface area (Å²) in [5.41, 5.74) is 0. The topological polar surface area (TPSA) is 9.23 Å². The molecule has 1 heterocycles. The monoisotopic (exact) mass is 332 g/mol. The van der Waals surface area contributed by atoms with Gasteiger partial charge in [-0.25, -0.2) is 8.78 Å². The van der Waals surface area contributed by atoms with E-state index in [9.17, 15) is 8.78 Å². The third-order valence-corrected chi connectivity index (χ3v) is 5.12. The molecule has 1 fully saturated rings. The molecule has 0 amide bonds. The Hall–Kier alpha value is -0.180. The van der Waals surface area contributed by atoms with Crippen LogP contribution in [0, 0.1) is 5.92 Å². The Kier molecular flexibility index (Phi) is 11.1. The quantitative estimate of drug-likeness (QED) is 0.326. The summed E-state index contributed by atoms with van der Waals surface area (Å²) in [6.07, 6.45) is 15.5. The van der Waals surface area contributed by atoms with Gasteiger partial charge in [0.15, 0.2) is 0 Å². The molecule has 0 saturated carbocycles. The molecule has 2 atom stereocenters. The largest absolute Gasteiger partial charge is 0.372 e. The van der Waals surface area contributed by atoms with Crippen LogP contribution in [0.3, 0.4) is 0 Å².